The minimum absolute atomic E-state index is 0.0422. The molecule has 1 amide bonds. The number of anilines is 1. The van der Waals surface area contributed by atoms with Crippen molar-refractivity contribution < 1.29 is 9.53 Å². The minimum atomic E-state index is 0.0422. The van der Waals surface area contributed by atoms with E-state index in [2.05, 4.69) is 10.3 Å². The van der Waals surface area contributed by atoms with Crippen LogP contribution in [0.5, 0.6) is 11.5 Å². The first-order valence-corrected chi connectivity index (χ1v) is 7.96. The van der Waals surface area contributed by atoms with Crippen LogP contribution in [0.15, 0.2) is 48.8 Å². The van der Waals surface area contributed by atoms with E-state index >= 15 is 0 Å². The molecule has 0 saturated carbocycles. The molecule has 0 spiro atoms. The lowest BCUT2D eigenvalue weighted by Gasteiger charge is -2.08. The third-order valence-electron chi connectivity index (χ3n) is 3.38. The van der Waals surface area contributed by atoms with Crippen LogP contribution in [0, 0.1) is 0 Å². The van der Waals surface area contributed by atoms with Crippen LogP contribution in [-0.4, -0.2) is 17.4 Å². The Morgan fingerprint density at radius 1 is 0.957 bits per heavy atom. The molecule has 0 aliphatic carbocycles. The molecule has 1 aromatic heterocycles. The van der Waals surface area contributed by atoms with Gasteiger partial charge in [0.1, 0.15) is 11.5 Å². The lowest BCUT2D eigenvalue weighted by Crippen LogP contribution is -2.11. The van der Waals surface area contributed by atoms with E-state index in [4.69, 9.17) is 10.5 Å². The van der Waals surface area contributed by atoms with Gasteiger partial charge in [-0.05, 0) is 55.8 Å². The van der Waals surface area contributed by atoms with E-state index in [1.54, 1.807) is 24.5 Å². The van der Waals surface area contributed by atoms with Crippen molar-refractivity contribution >= 4 is 11.6 Å². The van der Waals surface area contributed by atoms with E-state index in [1.807, 2.05) is 24.3 Å². The van der Waals surface area contributed by atoms with Gasteiger partial charge in [0, 0.05) is 24.5 Å². The maximum Gasteiger partial charge on any atom is 0.224 e. The Labute approximate surface area is 136 Å². The number of nitrogens with one attached hydrogen (secondary N) is 1. The molecule has 2 aromatic rings. The maximum absolute atomic E-state index is 11.8. The van der Waals surface area contributed by atoms with Crippen molar-refractivity contribution in [3.8, 4) is 11.5 Å². The number of unbranched alkanes of at least 4 members (excludes halogenated alkanes) is 3. The molecule has 0 unspecified atom stereocenters. The fourth-order valence-electron chi connectivity index (χ4n) is 2.16. The summed E-state index contributed by atoms with van der Waals surface area (Å²) in [5, 5.41) is 2.89. The van der Waals surface area contributed by atoms with Gasteiger partial charge in [-0.15, -0.1) is 0 Å². The topological polar surface area (TPSA) is 77.2 Å². The first-order chi connectivity index (χ1) is 11.3. The van der Waals surface area contributed by atoms with Crippen LogP contribution in [0.1, 0.15) is 32.1 Å². The molecule has 0 bridgehead atoms. The van der Waals surface area contributed by atoms with Crippen LogP contribution in [0.3, 0.4) is 0 Å². The van der Waals surface area contributed by atoms with Crippen LogP contribution in [-0.2, 0) is 4.79 Å². The van der Waals surface area contributed by atoms with Gasteiger partial charge >= 0.3 is 0 Å². The summed E-state index contributed by atoms with van der Waals surface area (Å²) in [6.45, 7) is 0.722. The molecule has 5 nitrogen and oxygen atoms in total. The second-order valence-corrected chi connectivity index (χ2v) is 5.31. The molecule has 0 radical (unpaired) electrons. The Bertz CT molecular complexity index is 585. The van der Waals surface area contributed by atoms with E-state index in [1.165, 1.54) is 0 Å². The van der Waals surface area contributed by atoms with Crippen molar-refractivity contribution in [1.82, 2.24) is 4.98 Å². The number of aromatic nitrogens is 1. The zero-order valence-electron chi connectivity index (χ0n) is 13.2. The third kappa shape index (κ3) is 6.48. The minimum Gasteiger partial charge on any atom is -0.457 e. The molecule has 1 aromatic carbocycles. The van der Waals surface area contributed by atoms with Crippen molar-refractivity contribution in [3.05, 3.63) is 48.8 Å². The summed E-state index contributed by atoms with van der Waals surface area (Å²) in [6, 6.07) is 10.9. The molecule has 5 heteroatoms. The number of pyridine rings is 1. The largest absolute Gasteiger partial charge is 0.457 e. The molecule has 1 heterocycles. The average Bonchev–Trinajstić information content (AvgIpc) is 2.57. The summed E-state index contributed by atoms with van der Waals surface area (Å²) in [7, 11) is 0. The summed E-state index contributed by atoms with van der Waals surface area (Å²) in [4.78, 5) is 15.8. The molecule has 0 aliphatic rings. The Balaban J connectivity index is 1.75. The fourth-order valence-corrected chi connectivity index (χ4v) is 2.16. The maximum atomic E-state index is 11.8. The zero-order valence-corrected chi connectivity index (χ0v) is 13.2. The molecule has 0 aliphatic heterocycles. The first-order valence-electron chi connectivity index (χ1n) is 7.96. The highest BCUT2D eigenvalue weighted by Crippen LogP contribution is 2.22. The molecule has 122 valence electrons. The number of nitrogens with two attached hydrogens (primary N) is 1. The lowest BCUT2D eigenvalue weighted by molar-refractivity contribution is -0.116. The second-order valence-electron chi connectivity index (χ2n) is 5.31. The second kappa shape index (κ2) is 9.58. The lowest BCUT2D eigenvalue weighted by atomic mass is 10.1. The van der Waals surface area contributed by atoms with Crippen molar-refractivity contribution in [2.24, 2.45) is 5.73 Å². The number of hydrogen-bond acceptors (Lipinski definition) is 4. The van der Waals surface area contributed by atoms with Crippen molar-refractivity contribution in [2.45, 2.75) is 32.1 Å². The van der Waals surface area contributed by atoms with E-state index in [0.717, 1.165) is 49.4 Å². The van der Waals surface area contributed by atoms with Crippen molar-refractivity contribution in [1.29, 1.82) is 0 Å². The van der Waals surface area contributed by atoms with Crippen LogP contribution in [0.25, 0.3) is 0 Å². The van der Waals surface area contributed by atoms with Gasteiger partial charge in [-0.1, -0.05) is 12.8 Å². The van der Waals surface area contributed by atoms with Gasteiger partial charge in [0.25, 0.3) is 0 Å². The molecular formula is C18H23N3O2. The highest BCUT2D eigenvalue weighted by molar-refractivity contribution is 5.90. The number of amides is 1. The van der Waals surface area contributed by atoms with Gasteiger partial charge in [0.2, 0.25) is 5.91 Å². The van der Waals surface area contributed by atoms with Crippen molar-refractivity contribution in [2.75, 3.05) is 11.9 Å². The number of benzene rings is 1. The molecular weight excluding hydrogens is 290 g/mol. The molecule has 0 saturated heterocycles. The fraction of sp³-hybridized carbons (Fsp3) is 0.333. The molecule has 2 rings (SSSR count). The van der Waals surface area contributed by atoms with Gasteiger partial charge in [-0.2, -0.15) is 0 Å². The summed E-state index contributed by atoms with van der Waals surface area (Å²) >= 11 is 0. The van der Waals surface area contributed by atoms with Gasteiger partial charge < -0.3 is 15.8 Å². The smallest absolute Gasteiger partial charge is 0.224 e. The van der Waals surface area contributed by atoms with Gasteiger partial charge in [-0.25, -0.2) is 0 Å². The number of hydrogen-bond donors (Lipinski definition) is 2. The first kappa shape index (κ1) is 17.0. The number of ether oxygens (including phenoxy) is 1. The number of nitrogens with zero attached hydrogens (tertiary/aromatic N) is 1. The quantitative estimate of drug-likeness (QED) is 0.692. The average molecular weight is 313 g/mol. The van der Waals surface area contributed by atoms with E-state index < -0.39 is 0 Å². The Morgan fingerprint density at radius 3 is 2.30 bits per heavy atom. The summed E-state index contributed by atoms with van der Waals surface area (Å²) in [5.74, 6) is 1.49. The number of carbonyl (C=O) groups excluding carboxylic acids is 1. The van der Waals surface area contributed by atoms with Crippen LogP contribution in [0.4, 0.5) is 5.69 Å². The molecule has 0 fully saturated rings. The Morgan fingerprint density at radius 2 is 1.61 bits per heavy atom. The standard InChI is InChI=1S/C18H23N3O2/c19-12-4-2-1-3-5-18(22)21-15-6-8-16(9-7-15)23-17-10-13-20-14-11-17/h6-11,13-14H,1-5,12,19H2,(H,21,22). The van der Waals surface area contributed by atoms with Crippen molar-refractivity contribution in [3.63, 3.8) is 0 Å². The van der Waals surface area contributed by atoms with E-state index in [9.17, 15) is 4.79 Å². The monoisotopic (exact) mass is 313 g/mol. The van der Waals surface area contributed by atoms with Crippen LogP contribution < -0.4 is 15.8 Å². The number of rotatable bonds is 9. The van der Waals surface area contributed by atoms with Crippen LogP contribution in [0.2, 0.25) is 0 Å². The zero-order chi connectivity index (χ0) is 16.3. The Kier molecular flexibility index (Phi) is 7.07. The predicted molar refractivity (Wildman–Crippen MR) is 91.5 cm³/mol. The summed E-state index contributed by atoms with van der Waals surface area (Å²) in [5.41, 5.74) is 6.22. The van der Waals surface area contributed by atoms with E-state index in [0.29, 0.717) is 6.42 Å². The molecule has 0 atom stereocenters. The Hall–Kier alpha value is -2.40. The number of carbonyl (C=O) groups is 1. The third-order valence-corrected chi connectivity index (χ3v) is 3.38. The SMILES string of the molecule is NCCCCCCC(=O)Nc1ccc(Oc2ccncc2)cc1. The highest BCUT2D eigenvalue weighted by atomic mass is 16.5. The van der Waals surface area contributed by atoms with Gasteiger partial charge in [0.15, 0.2) is 0 Å². The van der Waals surface area contributed by atoms with Crippen LogP contribution >= 0.6 is 0 Å². The van der Waals surface area contributed by atoms with E-state index in [-0.39, 0.29) is 5.91 Å². The normalized spacial score (nSPS) is 10.3. The van der Waals surface area contributed by atoms with Gasteiger partial charge in [-0.3, -0.25) is 9.78 Å². The molecule has 3 N–H and O–H groups in total. The summed E-state index contributed by atoms with van der Waals surface area (Å²) < 4.78 is 5.68. The highest BCUT2D eigenvalue weighted by Gasteiger charge is 2.03. The molecule has 23 heavy (non-hydrogen) atoms. The summed E-state index contributed by atoms with van der Waals surface area (Å²) in [6.07, 6.45) is 7.96. The van der Waals surface area contributed by atoms with Gasteiger partial charge in [0.05, 0.1) is 0 Å². The predicted octanol–water partition coefficient (Wildman–Crippen LogP) is 3.72.